The molecule has 1 heterocycles. The summed E-state index contributed by atoms with van der Waals surface area (Å²) in [5, 5.41) is 11.9. The van der Waals surface area contributed by atoms with Crippen LogP contribution in [0.3, 0.4) is 0 Å². The zero-order chi connectivity index (χ0) is 21.1. The number of nitrogens with zero attached hydrogens (tertiary/aromatic N) is 1. The van der Waals surface area contributed by atoms with Crippen molar-refractivity contribution in [2.45, 2.75) is 57.4 Å². The highest BCUT2D eigenvalue weighted by Crippen LogP contribution is 2.28. The van der Waals surface area contributed by atoms with E-state index in [0.717, 1.165) is 25.7 Å². The van der Waals surface area contributed by atoms with Crippen molar-refractivity contribution in [3.05, 3.63) is 35.9 Å². The Balaban J connectivity index is 1.89. The van der Waals surface area contributed by atoms with Gasteiger partial charge in [-0.1, -0.05) is 30.3 Å². The number of rotatable bonds is 13. The number of carbonyl (C=O) groups excluding carboxylic acids is 2. The fourth-order valence-electron chi connectivity index (χ4n) is 3.84. The lowest BCUT2D eigenvalue weighted by Crippen LogP contribution is -2.42. The second kappa shape index (κ2) is 12.2. The fourth-order valence-corrected chi connectivity index (χ4v) is 3.84. The van der Waals surface area contributed by atoms with Crippen molar-refractivity contribution in [2.75, 3.05) is 19.6 Å². The highest BCUT2D eigenvalue weighted by Gasteiger charge is 2.38. The summed E-state index contributed by atoms with van der Waals surface area (Å²) < 4.78 is 0. The van der Waals surface area contributed by atoms with Crippen LogP contribution in [0.2, 0.25) is 0 Å². The van der Waals surface area contributed by atoms with Gasteiger partial charge in [0.2, 0.25) is 11.8 Å². The largest absolute Gasteiger partial charge is 0.481 e. The average molecular weight is 404 g/mol. The molecule has 1 aromatic carbocycles. The van der Waals surface area contributed by atoms with Crippen LogP contribution in [0.1, 0.15) is 50.5 Å². The molecule has 1 aliphatic rings. The van der Waals surface area contributed by atoms with Crippen LogP contribution < -0.4 is 11.1 Å². The molecule has 1 saturated heterocycles. The van der Waals surface area contributed by atoms with E-state index in [1.165, 1.54) is 5.56 Å². The standard InChI is InChI=1S/C22H33N3O4/c23-13-5-4-10-20(26)24-16-19-15-18(11-12-21(27)28)22(29)25(19)14-6-9-17-7-2-1-3-8-17/h1-3,7-8,18-19H,4-6,9-16,23H2,(H,24,26)(H,27,28)/t18-,19+/m1/s1. The average Bonchev–Trinajstić information content (AvgIpc) is 3.01. The molecule has 7 heteroatoms. The molecule has 0 aliphatic carbocycles. The van der Waals surface area contributed by atoms with Crippen molar-refractivity contribution < 1.29 is 19.5 Å². The Bertz CT molecular complexity index is 665. The van der Waals surface area contributed by atoms with Crippen LogP contribution in [0.25, 0.3) is 0 Å². The molecule has 0 unspecified atom stereocenters. The number of amides is 2. The van der Waals surface area contributed by atoms with Crippen LogP contribution in [-0.4, -0.2) is 53.5 Å². The summed E-state index contributed by atoms with van der Waals surface area (Å²) in [5.41, 5.74) is 6.69. The van der Waals surface area contributed by atoms with Crippen LogP contribution in [0.4, 0.5) is 0 Å². The van der Waals surface area contributed by atoms with Crippen LogP contribution in [0.5, 0.6) is 0 Å². The number of unbranched alkanes of at least 4 members (excludes halogenated alkanes) is 1. The van der Waals surface area contributed by atoms with Crippen molar-refractivity contribution in [1.82, 2.24) is 10.2 Å². The molecule has 1 fully saturated rings. The summed E-state index contributed by atoms with van der Waals surface area (Å²) in [5.74, 6) is -1.17. The summed E-state index contributed by atoms with van der Waals surface area (Å²) in [7, 11) is 0. The SMILES string of the molecule is NCCCCC(=O)NC[C@@H]1C[C@@H](CCC(=O)O)C(=O)N1CCCc1ccccc1. The Kier molecular flexibility index (Phi) is 9.64. The third-order valence-electron chi connectivity index (χ3n) is 5.44. The number of nitrogens with two attached hydrogens (primary N) is 1. The number of carboxylic acid groups (broad SMARTS) is 1. The van der Waals surface area contributed by atoms with Crippen molar-refractivity contribution in [1.29, 1.82) is 0 Å². The Morgan fingerprint density at radius 2 is 1.90 bits per heavy atom. The fraction of sp³-hybridized carbons (Fsp3) is 0.591. The second-order valence-electron chi connectivity index (χ2n) is 7.69. The van der Waals surface area contributed by atoms with Crippen LogP contribution in [-0.2, 0) is 20.8 Å². The maximum absolute atomic E-state index is 12.8. The molecule has 2 rings (SSSR count). The summed E-state index contributed by atoms with van der Waals surface area (Å²) in [4.78, 5) is 37.6. The van der Waals surface area contributed by atoms with Crippen LogP contribution in [0.15, 0.2) is 30.3 Å². The van der Waals surface area contributed by atoms with Crippen LogP contribution >= 0.6 is 0 Å². The molecule has 0 aromatic heterocycles. The molecule has 0 saturated carbocycles. The minimum Gasteiger partial charge on any atom is -0.481 e. The normalized spacial score (nSPS) is 18.8. The molecule has 2 amide bonds. The van der Waals surface area contributed by atoms with Gasteiger partial charge in [-0.25, -0.2) is 0 Å². The van der Waals surface area contributed by atoms with Crippen molar-refractivity contribution in [3.8, 4) is 0 Å². The molecule has 0 radical (unpaired) electrons. The summed E-state index contributed by atoms with van der Waals surface area (Å²) >= 11 is 0. The van der Waals surface area contributed by atoms with Gasteiger partial charge in [-0.3, -0.25) is 14.4 Å². The first-order valence-electron chi connectivity index (χ1n) is 10.5. The molecule has 0 bridgehead atoms. The van der Waals surface area contributed by atoms with Gasteiger partial charge >= 0.3 is 5.97 Å². The zero-order valence-corrected chi connectivity index (χ0v) is 17.0. The lowest BCUT2D eigenvalue weighted by molar-refractivity contribution is -0.138. The van der Waals surface area contributed by atoms with Gasteiger partial charge in [0.05, 0.1) is 0 Å². The number of aliphatic carboxylic acids is 1. The molecule has 4 N–H and O–H groups in total. The highest BCUT2D eigenvalue weighted by atomic mass is 16.4. The van der Waals surface area contributed by atoms with E-state index in [0.29, 0.717) is 38.9 Å². The second-order valence-corrected chi connectivity index (χ2v) is 7.69. The van der Waals surface area contributed by atoms with E-state index in [1.54, 1.807) is 0 Å². The first-order valence-corrected chi connectivity index (χ1v) is 10.5. The van der Waals surface area contributed by atoms with E-state index in [4.69, 9.17) is 10.8 Å². The molecule has 0 spiro atoms. The lowest BCUT2D eigenvalue weighted by atomic mass is 9.99. The number of carbonyl (C=O) groups is 3. The Morgan fingerprint density at radius 1 is 1.14 bits per heavy atom. The number of carboxylic acids is 1. The minimum absolute atomic E-state index is 0.00751. The van der Waals surface area contributed by atoms with Gasteiger partial charge in [0.25, 0.3) is 0 Å². The molecule has 2 atom stereocenters. The predicted molar refractivity (Wildman–Crippen MR) is 111 cm³/mol. The number of likely N-dealkylation sites (tertiary alicyclic amines) is 1. The third-order valence-corrected chi connectivity index (χ3v) is 5.44. The van der Waals surface area contributed by atoms with Crippen molar-refractivity contribution in [3.63, 3.8) is 0 Å². The molecular formula is C22H33N3O4. The number of hydrogen-bond donors (Lipinski definition) is 3. The maximum Gasteiger partial charge on any atom is 0.303 e. The zero-order valence-electron chi connectivity index (χ0n) is 17.0. The van der Waals surface area contributed by atoms with Gasteiger partial charge in [0.1, 0.15) is 0 Å². The summed E-state index contributed by atoms with van der Waals surface area (Å²) in [6.07, 6.45) is 4.67. The van der Waals surface area contributed by atoms with Gasteiger partial charge in [0.15, 0.2) is 0 Å². The molecule has 7 nitrogen and oxygen atoms in total. The number of aryl methyl sites for hydroxylation is 1. The maximum atomic E-state index is 12.8. The van der Waals surface area contributed by atoms with Gasteiger partial charge in [-0.15, -0.1) is 0 Å². The minimum atomic E-state index is -0.884. The van der Waals surface area contributed by atoms with Gasteiger partial charge in [-0.05, 0) is 50.6 Å². The first kappa shape index (κ1) is 22.9. The predicted octanol–water partition coefficient (Wildman–Crippen LogP) is 1.95. The quantitative estimate of drug-likeness (QED) is 0.436. The molecule has 160 valence electrons. The van der Waals surface area contributed by atoms with E-state index in [2.05, 4.69) is 17.4 Å². The molecule has 1 aromatic rings. The number of nitrogens with one attached hydrogen (secondary N) is 1. The molecular weight excluding hydrogens is 370 g/mol. The Morgan fingerprint density at radius 3 is 2.59 bits per heavy atom. The number of benzene rings is 1. The Labute approximate surface area is 172 Å². The van der Waals surface area contributed by atoms with Crippen LogP contribution in [0, 0.1) is 5.92 Å². The summed E-state index contributed by atoms with van der Waals surface area (Å²) in [6, 6.07) is 10.0. The van der Waals surface area contributed by atoms with E-state index < -0.39 is 5.97 Å². The highest BCUT2D eigenvalue weighted by molar-refractivity contribution is 5.82. The molecule has 29 heavy (non-hydrogen) atoms. The smallest absolute Gasteiger partial charge is 0.303 e. The van der Waals surface area contributed by atoms with Gasteiger partial charge in [-0.2, -0.15) is 0 Å². The van der Waals surface area contributed by atoms with Gasteiger partial charge < -0.3 is 21.1 Å². The van der Waals surface area contributed by atoms with Crippen molar-refractivity contribution >= 4 is 17.8 Å². The monoisotopic (exact) mass is 403 g/mol. The topological polar surface area (TPSA) is 113 Å². The van der Waals surface area contributed by atoms with E-state index in [9.17, 15) is 14.4 Å². The first-order chi connectivity index (χ1) is 14.0. The number of hydrogen-bond acceptors (Lipinski definition) is 4. The Hall–Kier alpha value is -2.41. The summed E-state index contributed by atoms with van der Waals surface area (Å²) in [6.45, 7) is 1.61. The van der Waals surface area contributed by atoms with Crippen molar-refractivity contribution in [2.24, 2.45) is 11.7 Å². The molecule has 1 aliphatic heterocycles. The van der Waals surface area contributed by atoms with E-state index in [1.807, 2.05) is 23.1 Å². The van der Waals surface area contributed by atoms with Gasteiger partial charge in [0, 0.05) is 37.9 Å². The lowest BCUT2D eigenvalue weighted by Gasteiger charge is -2.25. The van der Waals surface area contributed by atoms with E-state index >= 15 is 0 Å². The third kappa shape index (κ3) is 7.85. The van der Waals surface area contributed by atoms with E-state index in [-0.39, 0.29) is 30.2 Å².